The standard InChI is InChI=1S/C26H36N8O4/c27-10-14-37-16-17-38-15-12-28-23(36)21-8-4-9-22(18-21)31-26-33-24(29-11-5-13-35)32-25(34-26)30-19-20-6-2-1-3-7-20/h1-4,6-9,18,35H,5,10-17,19,27H2,(H,28,36)(H3,29,30,31,32,33,34). The Morgan fingerprint density at radius 3 is 2.34 bits per heavy atom. The number of rotatable bonds is 18. The number of aliphatic hydroxyl groups excluding tert-OH is 1. The van der Waals surface area contributed by atoms with Gasteiger partial charge in [-0.05, 0) is 30.2 Å². The molecule has 0 aliphatic carbocycles. The maximum atomic E-state index is 12.6. The van der Waals surface area contributed by atoms with Crippen molar-refractivity contribution >= 4 is 29.4 Å². The minimum atomic E-state index is -0.219. The molecular formula is C26H36N8O4. The quantitative estimate of drug-likeness (QED) is 0.134. The zero-order valence-corrected chi connectivity index (χ0v) is 21.4. The van der Waals surface area contributed by atoms with Crippen LogP contribution >= 0.6 is 0 Å². The summed E-state index contributed by atoms with van der Waals surface area (Å²) >= 11 is 0. The van der Waals surface area contributed by atoms with Gasteiger partial charge in [0.2, 0.25) is 17.8 Å². The molecule has 3 aromatic rings. The Kier molecular flexibility index (Phi) is 12.7. The maximum absolute atomic E-state index is 12.6. The third kappa shape index (κ3) is 10.6. The molecule has 204 valence electrons. The number of ether oxygens (including phenoxy) is 2. The monoisotopic (exact) mass is 524 g/mol. The van der Waals surface area contributed by atoms with Crippen LogP contribution in [0, 0.1) is 0 Å². The van der Waals surface area contributed by atoms with Crippen LogP contribution in [0.4, 0.5) is 23.5 Å². The lowest BCUT2D eigenvalue weighted by Crippen LogP contribution is -2.27. The highest BCUT2D eigenvalue weighted by Gasteiger charge is 2.10. The number of aliphatic hydroxyl groups is 1. The molecule has 0 radical (unpaired) electrons. The van der Waals surface area contributed by atoms with Gasteiger partial charge in [0.05, 0.1) is 26.4 Å². The molecule has 0 bridgehead atoms. The van der Waals surface area contributed by atoms with Gasteiger partial charge in [-0.1, -0.05) is 36.4 Å². The van der Waals surface area contributed by atoms with Crippen molar-refractivity contribution < 1.29 is 19.4 Å². The number of anilines is 4. The van der Waals surface area contributed by atoms with E-state index >= 15 is 0 Å². The number of hydrogen-bond donors (Lipinski definition) is 6. The molecule has 38 heavy (non-hydrogen) atoms. The van der Waals surface area contributed by atoms with Gasteiger partial charge in [-0.2, -0.15) is 15.0 Å². The van der Waals surface area contributed by atoms with Crippen LogP contribution in [0.15, 0.2) is 54.6 Å². The lowest BCUT2D eigenvalue weighted by Gasteiger charge is -2.12. The van der Waals surface area contributed by atoms with Gasteiger partial charge in [0, 0.05) is 44.0 Å². The summed E-state index contributed by atoms with van der Waals surface area (Å²) < 4.78 is 10.7. The van der Waals surface area contributed by atoms with Crippen LogP contribution < -0.4 is 27.0 Å². The minimum absolute atomic E-state index is 0.0620. The van der Waals surface area contributed by atoms with Gasteiger partial charge >= 0.3 is 0 Å². The summed E-state index contributed by atoms with van der Waals surface area (Å²) in [6.45, 7) is 3.77. The summed E-state index contributed by atoms with van der Waals surface area (Å²) in [7, 11) is 0. The molecule has 7 N–H and O–H groups in total. The topological polar surface area (TPSA) is 169 Å². The fourth-order valence-electron chi connectivity index (χ4n) is 3.26. The molecule has 1 heterocycles. The van der Waals surface area contributed by atoms with Crippen LogP contribution in [0.25, 0.3) is 0 Å². The average molecular weight is 525 g/mol. The first-order valence-corrected chi connectivity index (χ1v) is 12.6. The maximum Gasteiger partial charge on any atom is 0.251 e. The average Bonchev–Trinajstić information content (AvgIpc) is 2.94. The van der Waals surface area contributed by atoms with Crippen LogP contribution in [-0.4, -0.2) is 78.6 Å². The number of hydrogen-bond acceptors (Lipinski definition) is 11. The van der Waals surface area contributed by atoms with Gasteiger partial charge in [-0.3, -0.25) is 4.79 Å². The second-order valence-electron chi connectivity index (χ2n) is 8.12. The summed E-state index contributed by atoms with van der Waals surface area (Å²) in [6.07, 6.45) is 0.561. The largest absolute Gasteiger partial charge is 0.396 e. The van der Waals surface area contributed by atoms with E-state index in [1.807, 2.05) is 36.4 Å². The van der Waals surface area contributed by atoms with Crippen LogP contribution in [0.3, 0.4) is 0 Å². The van der Waals surface area contributed by atoms with Crippen molar-refractivity contribution in [1.29, 1.82) is 0 Å². The molecule has 0 fully saturated rings. The Bertz CT molecular complexity index is 1100. The Morgan fingerprint density at radius 1 is 0.842 bits per heavy atom. The Morgan fingerprint density at radius 2 is 1.58 bits per heavy atom. The first kappa shape index (κ1) is 28.7. The van der Waals surface area contributed by atoms with Gasteiger partial charge in [-0.25, -0.2) is 0 Å². The lowest BCUT2D eigenvalue weighted by molar-refractivity contribution is 0.0511. The first-order valence-electron chi connectivity index (χ1n) is 12.6. The van der Waals surface area contributed by atoms with E-state index in [-0.39, 0.29) is 12.5 Å². The molecule has 12 heteroatoms. The van der Waals surface area contributed by atoms with Crippen molar-refractivity contribution in [2.75, 3.05) is 68.6 Å². The molecule has 0 aliphatic heterocycles. The number of aromatic nitrogens is 3. The van der Waals surface area contributed by atoms with Gasteiger partial charge in [0.1, 0.15) is 0 Å². The van der Waals surface area contributed by atoms with Crippen molar-refractivity contribution in [3.05, 3.63) is 65.7 Å². The molecule has 2 aromatic carbocycles. The van der Waals surface area contributed by atoms with E-state index in [0.717, 1.165) is 5.56 Å². The number of nitrogens with zero attached hydrogens (tertiary/aromatic N) is 3. The summed E-state index contributed by atoms with van der Waals surface area (Å²) in [5, 5.41) is 21.4. The number of carbonyl (C=O) groups excluding carboxylic acids is 1. The summed E-state index contributed by atoms with van der Waals surface area (Å²) in [5.41, 5.74) is 7.58. The number of benzene rings is 2. The van der Waals surface area contributed by atoms with Crippen molar-refractivity contribution in [3.63, 3.8) is 0 Å². The molecule has 0 aliphatic rings. The molecule has 0 saturated heterocycles. The third-order valence-corrected chi connectivity index (χ3v) is 5.09. The van der Waals surface area contributed by atoms with Crippen molar-refractivity contribution in [2.45, 2.75) is 13.0 Å². The molecule has 0 saturated carbocycles. The van der Waals surface area contributed by atoms with Crippen LogP contribution in [0.1, 0.15) is 22.3 Å². The van der Waals surface area contributed by atoms with Gasteiger partial charge < -0.3 is 41.6 Å². The normalized spacial score (nSPS) is 10.7. The molecule has 0 unspecified atom stereocenters. The van der Waals surface area contributed by atoms with Crippen LogP contribution in [0.5, 0.6) is 0 Å². The van der Waals surface area contributed by atoms with Crippen molar-refractivity contribution in [2.24, 2.45) is 5.73 Å². The molecule has 0 spiro atoms. The number of nitrogens with one attached hydrogen (secondary N) is 4. The fourth-order valence-corrected chi connectivity index (χ4v) is 3.26. The lowest BCUT2D eigenvalue weighted by atomic mass is 10.2. The highest BCUT2D eigenvalue weighted by Crippen LogP contribution is 2.18. The molecule has 12 nitrogen and oxygen atoms in total. The number of amides is 1. The molecule has 3 rings (SSSR count). The third-order valence-electron chi connectivity index (χ3n) is 5.09. The predicted molar refractivity (Wildman–Crippen MR) is 147 cm³/mol. The highest BCUT2D eigenvalue weighted by molar-refractivity contribution is 5.95. The molecular weight excluding hydrogens is 488 g/mol. The van der Waals surface area contributed by atoms with E-state index in [4.69, 9.17) is 20.3 Å². The van der Waals surface area contributed by atoms with E-state index in [1.165, 1.54) is 0 Å². The first-order chi connectivity index (χ1) is 18.7. The van der Waals surface area contributed by atoms with Gasteiger partial charge in [0.25, 0.3) is 5.91 Å². The van der Waals surface area contributed by atoms with Gasteiger partial charge in [-0.15, -0.1) is 0 Å². The number of carbonyl (C=O) groups is 1. The Balaban J connectivity index is 1.59. The van der Waals surface area contributed by atoms with E-state index in [0.29, 0.717) is 88.1 Å². The Labute approximate surface area is 222 Å². The fraction of sp³-hybridized carbons (Fsp3) is 0.385. The highest BCUT2D eigenvalue weighted by atomic mass is 16.5. The van der Waals surface area contributed by atoms with E-state index in [1.54, 1.807) is 18.2 Å². The van der Waals surface area contributed by atoms with E-state index in [2.05, 4.69) is 36.2 Å². The zero-order chi connectivity index (χ0) is 26.8. The van der Waals surface area contributed by atoms with Crippen LogP contribution in [-0.2, 0) is 16.0 Å². The predicted octanol–water partition coefficient (Wildman–Crippen LogP) is 1.74. The molecule has 1 aromatic heterocycles. The smallest absolute Gasteiger partial charge is 0.251 e. The van der Waals surface area contributed by atoms with E-state index < -0.39 is 0 Å². The summed E-state index contributed by atoms with van der Waals surface area (Å²) in [6, 6.07) is 17.0. The molecule has 1 amide bonds. The summed E-state index contributed by atoms with van der Waals surface area (Å²) in [4.78, 5) is 25.9. The second kappa shape index (κ2) is 16.8. The van der Waals surface area contributed by atoms with E-state index in [9.17, 15) is 4.79 Å². The summed E-state index contributed by atoms with van der Waals surface area (Å²) in [5.74, 6) is 0.850. The second-order valence-corrected chi connectivity index (χ2v) is 8.12. The van der Waals surface area contributed by atoms with Crippen molar-refractivity contribution in [3.8, 4) is 0 Å². The number of nitrogens with two attached hydrogens (primary N) is 1. The van der Waals surface area contributed by atoms with Crippen molar-refractivity contribution in [1.82, 2.24) is 20.3 Å². The SMILES string of the molecule is NCCOCCOCCNC(=O)c1cccc(Nc2nc(NCCCO)nc(NCc3ccccc3)n2)c1. The zero-order valence-electron chi connectivity index (χ0n) is 21.4. The molecule has 0 atom stereocenters. The minimum Gasteiger partial charge on any atom is -0.396 e. The van der Waals surface area contributed by atoms with Gasteiger partial charge in [0.15, 0.2) is 0 Å². The Hall–Kier alpha value is -3.84. The van der Waals surface area contributed by atoms with Crippen LogP contribution in [0.2, 0.25) is 0 Å².